The summed E-state index contributed by atoms with van der Waals surface area (Å²) in [5.74, 6) is 0.718. The first-order chi connectivity index (χ1) is 11.7. The van der Waals surface area contributed by atoms with Crippen molar-refractivity contribution in [3.05, 3.63) is 29.8 Å². The summed E-state index contributed by atoms with van der Waals surface area (Å²) in [4.78, 5) is 13.7. The normalized spacial score (nSPS) is 12.8. The summed E-state index contributed by atoms with van der Waals surface area (Å²) in [5.41, 5.74) is 0.971. The average molecular weight is 363 g/mol. The van der Waals surface area contributed by atoms with Gasteiger partial charge in [-0.1, -0.05) is 12.1 Å². The van der Waals surface area contributed by atoms with Crippen LogP contribution in [-0.4, -0.2) is 64.6 Å². The highest BCUT2D eigenvalue weighted by molar-refractivity contribution is 5.73. The standard InChI is InChI=1S/C16H24F3N3O3/c1-22(2)14(12-5-4-6-13(9-12)24-3)10-21-15(23)20-7-8-25-11-16(17,18)19/h4-6,9,14H,7-8,10-11H2,1-3H3,(H2,20,21,23). The van der Waals surface area contributed by atoms with Gasteiger partial charge in [0.15, 0.2) is 0 Å². The predicted octanol–water partition coefficient (Wildman–Crippen LogP) is 2.18. The molecule has 9 heteroatoms. The number of carbonyl (C=O) groups excluding carboxylic acids is 1. The Labute approximate surface area is 145 Å². The molecule has 142 valence electrons. The Balaban J connectivity index is 2.40. The van der Waals surface area contributed by atoms with E-state index >= 15 is 0 Å². The van der Waals surface area contributed by atoms with Gasteiger partial charge in [0.2, 0.25) is 0 Å². The molecular formula is C16H24F3N3O3. The van der Waals surface area contributed by atoms with Crippen LogP contribution in [0.4, 0.5) is 18.0 Å². The zero-order valence-electron chi connectivity index (χ0n) is 14.5. The summed E-state index contributed by atoms with van der Waals surface area (Å²) in [6.45, 7) is -1.21. The van der Waals surface area contributed by atoms with Crippen molar-refractivity contribution in [2.45, 2.75) is 12.2 Å². The monoisotopic (exact) mass is 363 g/mol. The van der Waals surface area contributed by atoms with E-state index in [2.05, 4.69) is 15.4 Å². The summed E-state index contributed by atoms with van der Waals surface area (Å²) in [7, 11) is 5.35. The molecule has 25 heavy (non-hydrogen) atoms. The van der Waals surface area contributed by atoms with Gasteiger partial charge >= 0.3 is 12.2 Å². The quantitative estimate of drug-likeness (QED) is 0.660. The van der Waals surface area contributed by atoms with E-state index in [9.17, 15) is 18.0 Å². The number of methoxy groups -OCH3 is 1. The maximum absolute atomic E-state index is 11.9. The summed E-state index contributed by atoms with van der Waals surface area (Å²) in [6.07, 6.45) is -4.36. The molecule has 0 bridgehead atoms. The molecule has 0 heterocycles. The number of alkyl halides is 3. The minimum absolute atomic E-state index is 0.00625. The number of carbonyl (C=O) groups is 1. The highest BCUT2D eigenvalue weighted by Crippen LogP contribution is 2.22. The third kappa shape index (κ3) is 8.59. The van der Waals surface area contributed by atoms with Gasteiger partial charge in [-0.2, -0.15) is 13.2 Å². The van der Waals surface area contributed by atoms with Crippen LogP contribution in [0.15, 0.2) is 24.3 Å². The molecule has 0 saturated carbocycles. The first-order valence-corrected chi connectivity index (χ1v) is 7.69. The Hall–Kier alpha value is -2.00. The van der Waals surface area contributed by atoms with Crippen LogP contribution < -0.4 is 15.4 Å². The van der Waals surface area contributed by atoms with Crippen LogP contribution in [0, 0.1) is 0 Å². The lowest BCUT2D eigenvalue weighted by molar-refractivity contribution is -0.173. The molecule has 1 aromatic rings. The maximum atomic E-state index is 11.9. The third-order valence-electron chi connectivity index (χ3n) is 3.36. The van der Waals surface area contributed by atoms with E-state index in [1.165, 1.54) is 0 Å². The van der Waals surface area contributed by atoms with Crippen LogP contribution in [0.1, 0.15) is 11.6 Å². The summed E-state index contributed by atoms with van der Waals surface area (Å²) >= 11 is 0. The molecule has 0 radical (unpaired) electrons. The number of nitrogens with zero attached hydrogens (tertiary/aromatic N) is 1. The van der Waals surface area contributed by atoms with Gasteiger partial charge in [-0.25, -0.2) is 4.79 Å². The number of likely N-dealkylation sites (N-methyl/N-ethyl adjacent to an activating group) is 1. The number of benzene rings is 1. The van der Waals surface area contributed by atoms with Crippen LogP contribution in [0.3, 0.4) is 0 Å². The van der Waals surface area contributed by atoms with Crippen molar-refractivity contribution in [3.8, 4) is 5.75 Å². The fourth-order valence-corrected chi connectivity index (χ4v) is 2.12. The highest BCUT2D eigenvalue weighted by Gasteiger charge is 2.27. The second-order valence-corrected chi connectivity index (χ2v) is 5.56. The molecule has 0 aliphatic rings. The van der Waals surface area contributed by atoms with E-state index in [1.807, 2.05) is 43.3 Å². The van der Waals surface area contributed by atoms with Gasteiger partial charge in [0, 0.05) is 13.1 Å². The van der Waals surface area contributed by atoms with Gasteiger partial charge in [0.1, 0.15) is 12.4 Å². The zero-order valence-corrected chi connectivity index (χ0v) is 14.5. The number of ether oxygens (including phenoxy) is 2. The molecule has 2 N–H and O–H groups in total. The number of halogens is 3. The maximum Gasteiger partial charge on any atom is 0.411 e. The summed E-state index contributed by atoms with van der Waals surface area (Å²) in [5, 5.41) is 5.15. The molecule has 1 unspecified atom stereocenters. The first-order valence-electron chi connectivity index (χ1n) is 7.69. The van der Waals surface area contributed by atoms with Crippen molar-refractivity contribution in [1.29, 1.82) is 0 Å². The lowest BCUT2D eigenvalue weighted by Crippen LogP contribution is -2.41. The van der Waals surface area contributed by atoms with Crippen molar-refractivity contribution < 1.29 is 27.4 Å². The molecule has 0 aliphatic heterocycles. The Morgan fingerprint density at radius 3 is 2.60 bits per heavy atom. The second-order valence-electron chi connectivity index (χ2n) is 5.56. The van der Waals surface area contributed by atoms with Crippen LogP contribution in [0.25, 0.3) is 0 Å². The van der Waals surface area contributed by atoms with Crippen LogP contribution in [0.5, 0.6) is 5.75 Å². The molecule has 0 spiro atoms. The largest absolute Gasteiger partial charge is 0.497 e. The lowest BCUT2D eigenvalue weighted by Gasteiger charge is -2.25. The Bertz CT molecular complexity index is 539. The van der Waals surface area contributed by atoms with Crippen molar-refractivity contribution in [3.63, 3.8) is 0 Å². The molecule has 6 nitrogen and oxygen atoms in total. The van der Waals surface area contributed by atoms with Crippen molar-refractivity contribution >= 4 is 6.03 Å². The molecule has 0 saturated heterocycles. The molecule has 0 fully saturated rings. The number of hydrogen-bond donors (Lipinski definition) is 2. The van der Waals surface area contributed by atoms with Gasteiger partial charge in [-0.15, -0.1) is 0 Å². The first kappa shape index (κ1) is 21.0. The van der Waals surface area contributed by atoms with Crippen molar-refractivity contribution in [2.24, 2.45) is 0 Å². The highest BCUT2D eigenvalue weighted by atomic mass is 19.4. The van der Waals surface area contributed by atoms with Gasteiger partial charge in [-0.3, -0.25) is 0 Å². The molecule has 1 atom stereocenters. The fraction of sp³-hybridized carbons (Fsp3) is 0.562. The molecular weight excluding hydrogens is 339 g/mol. The minimum Gasteiger partial charge on any atom is -0.497 e. The Morgan fingerprint density at radius 1 is 1.28 bits per heavy atom. The molecule has 1 aromatic carbocycles. The average Bonchev–Trinajstić information content (AvgIpc) is 2.53. The van der Waals surface area contributed by atoms with Gasteiger partial charge in [0.05, 0.1) is 19.8 Å². The van der Waals surface area contributed by atoms with Gasteiger partial charge in [-0.05, 0) is 31.8 Å². The summed E-state index contributed by atoms with van der Waals surface area (Å²) in [6, 6.07) is 6.96. The Kier molecular flexibility index (Phi) is 8.50. The van der Waals surface area contributed by atoms with Gasteiger partial charge < -0.3 is 25.0 Å². The fourth-order valence-electron chi connectivity index (χ4n) is 2.12. The molecule has 0 aromatic heterocycles. The smallest absolute Gasteiger partial charge is 0.411 e. The second kappa shape index (κ2) is 10.1. The zero-order chi connectivity index (χ0) is 18.9. The van der Waals surface area contributed by atoms with E-state index in [1.54, 1.807) is 7.11 Å². The van der Waals surface area contributed by atoms with Gasteiger partial charge in [0.25, 0.3) is 0 Å². The number of hydrogen-bond acceptors (Lipinski definition) is 4. The van der Waals surface area contributed by atoms with Crippen LogP contribution in [0.2, 0.25) is 0 Å². The van der Waals surface area contributed by atoms with E-state index in [0.717, 1.165) is 11.3 Å². The SMILES string of the molecule is COc1cccc(C(CNC(=O)NCCOCC(F)(F)F)N(C)C)c1. The number of rotatable bonds is 9. The molecule has 0 aliphatic carbocycles. The third-order valence-corrected chi connectivity index (χ3v) is 3.36. The number of amides is 2. The van der Waals surface area contributed by atoms with E-state index in [4.69, 9.17) is 4.74 Å². The van der Waals surface area contributed by atoms with E-state index in [0.29, 0.717) is 6.54 Å². The van der Waals surface area contributed by atoms with Crippen molar-refractivity contribution in [2.75, 3.05) is 47.5 Å². The summed E-state index contributed by atoms with van der Waals surface area (Å²) < 4.78 is 45.3. The number of urea groups is 1. The molecule has 2 amide bonds. The number of nitrogens with one attached hydrogen (secondary N) is 2. The van der Waals surface area contributed by atoms with Crippen molar-refractivity contribution in [1.82, 2.24) is 15.5 Å². The van der Waals surface area contributed by atoms with Crippen LogP contribution in [-0.2, 0) is 4.74 Å². The Morgan fingerprint density at radius 2 is 2.00 bits per heavy atom. The lowest BCUT2D eigenvalue weighted by atomic mass is 10.1. The van der Waals surface area contributed by atoms with E-state index in [-0.39, 0.29) is 19.2 Å². The topological polar surface area (TPSA) is 62.8 Å². The minimum atomic E-state index is -4.36. The van der Waals surface area contributed by atoms with E-state index < -0.39 is 18.8 Å². The van der Waals surface area contributed by atoms with Crippen LogP contribution >= 0.6 is 0 Å². The predicted molar refractivity (Wildman–Crippen MR) is 87.7 cm³/mol. The molecule has 1 rings (SSSR count).